The van der Waals surface area contributed by atoms with Gasteiger partial charge in [-0.3, -0.25) is 4.57 Å². The molecule has 4 rings (SSSR count). The summed E-state index contributed by atoms with van der Waals surface area (Å²) < 4.78 is 7.85. The first-order valence-electron chi connectivity index (χ1n) is 9.48. The Labute approximate surface area is 168 Å². The van der Waals surface area contributed by atoms with Crippen molar-refractivity contribution < 1.29 is 9.66 Å². The molecular formula is C19H24ClN5O3. The van der Waals surface area contributed by atoms with Crippen LogP contribution in [0.2, 0.25) is 5.02 Å². The van der Waals surface area contributed by atoms with Crippen LogP contribution in [0.1, 0.15) is 19.8 Å². The van der Waals surface area contributed by atoms with Gasteiger partial charge in [0.2, 0.25) is 0 Å². The van der Waals surface area contributed by atoms with Gasteiger partial charge in [0.15, 0.2) is 0 Å². The average Bonchev–Trinajstić information content (AvgIpc) is 3.19. The Morgan fingerprint density at radius 2 is 2.04 bits per heavy atom. The molecule has 1 aromatic heterocycles. The highest BCUT2D eigenvalue weighted by Gasteiger charge is 2.48. The molecule has 0 spiro atoms. The predicted octanol–water partition coefficient (Wildman–Crippen LogP) is 3.10. The second-order valence-electron chi connectivity index (χ2n) is 7.75. The number of piperidine rings is 1. The van der Waals surface area contributed by atoms with Crippen LogP contribution in [0.3, 0.4) is 0 Å². The first kappa shape index (κ1) is 19.0. The lowest BCUT2D eigenvalue weighted by atomic mass is 9.80. The van der Waals surface area contributed by atoms with Gasteiger partial charge in [-0.05, 0) is 61.9 Å². The summed E-state index contributed by atoms with van der Waals surface area (Å²) in [4.78, 5) is 16.8. The van der Waals surface area contributed by atoms with E-state index in [-0.39, 0.29) is 11.9 Å². The number of hydrogen-bond donors (Lipinski definition) is 1. The third-order valence-electron chi connectivity index (χ3n) is 5.89. The first-order chi connectivity index (χ1) is 13.4. The maximum Gasteiger partial charge on any atom is 0.415 e. The monoisotopic (exact) mass is 405 g/mol. The summed E-state index contributed by atoms with van der Waals surface area (Å²) in [6, 6.07) is 8.42. The number of imidazole rings is 1. The van der Waals surface area contributed by atoms with Crippen molar-refractivity contribution >= 4 is 23.1 Å². The van der Waals surface area contributed by atoms with Crippen molar-refractivity contribution in [2.45, 2.75) is 38.0 Å². The highest BCUT2D eigenvalue weighted by Crippen LogP contribution is 2.38. The summed E-state index contributed by atoms with van der Waals surface area (Å²) in [5.41, 5.74) is 0.707. The maximum atomic E-state index is 10.9. The molecule has 0 amide bonds. The number of anilines is 1. The van der Waals surface area contributed by atoms with Gasteiger partial charge in [0.1, 0.15) is 11.8 Å². The van der Waals surface area contributed by atoms with Gasteiger partial charge in [-0.25, -0.2) is 0 Å². The fourth-order valence-corrected chi connectivity index (χ4v) is 4.72. The summed E-state index contributed by atoms with van der Waals surface area (Å²) >= 11 is 5.99. The first-order valence-corrected chi connectivity index (χ1v) is 9.86. The van der Waals surface area contributed by atoms with Gasteiger partial charge in [0, 0.05) is 28.8 Å². The van der Waals surface area contributed by atoms with E-state index in [9.17, 15) is 10.1 Å². The standard InChI is InChI=1S/C19H24ClN5O3/c1-19(12-24-11-16(25(26)27)22-18(24)28-19)17(21-2)13-7-9-23(10-8-13)15-5-3-14(20)4-6-15/h3-6,11,13,17,21H,7-10,12H2,1-2H3/t17?,19-/m0/s1. The van der Waals surface area contributed by atoms with Crippen LogP contribution in [0.4, 0.5) is 11.5 Å². The van der Waals surface area contributed by atoms with Crippen molar-refractivity contribution in [3.8, 4) is 6.01 Å². The molecule has 1 fully saturated rings. The van der Waals surface area contributed by atoms with Crippen LogP contribution < -0.4 is 15.0 Å². The topological polar surface area (TPSA) is 85.5 Å². The number of likely N-dealkylation sites (N-methyl/N-ethyl adjacent to an activating group) is 1. The molecule has 1 unspecified atom stereocenters. The van der Waals surface area contributed by atoms with E-state index in [4.69, 9.17) is 16.3 Å². The highest BCUT2D eigenvalue weighted by atomic mass is 35.5. The molecule has 0 aliphatic carbocycles. The zero-order chi connectivity index (χ0) is 19.9. The van der Waals surface area contributed by atoms with Crippen LogP contribution in [0, 0.1) is 16.0 Å². The van der Waals surface area contributed by atoms with Gasteiger partial charge >= 0.3 is 11.8 Å². The lowest BCUT2D eigenvalue weighted by Gasteiger charge is -2.42. The number of nitrogens with one attached hydrogen (secondary N) is 1. The molecular weight excluding hydrogens is 382 g/mol. The number of halogens is 1. The molecule has 1 saturated heterocycles. The molecule has 28 heavy (non-hydrogen) atoms. The fraction of sp³-hybridized carbons (Fsp3) is 0.526. The summed E-state index contributed by atoms with van der Waals surface area (Å²) in [5, 5.41) is 15.1. The molecule has 150 valence electrons. The Morgan fingerprint density at radius 3 is 2.61 bits per heavy atom. The van der Waals surface area contributed by atoms with Crippen LogP contribution >= 0.6 is 11.6 Å². The zero-order valence-corrected chi connectivity index (χ0v) is 16.7. The van der Waals surface area contributed by atoms with Crippen molar-refractivity contribution in [1.29, 1.82) is 0 Å². The molecule has 0 saturated carbocycles. The van der Waals surface area contributed by atoms with Gasteiger partial charge in [-0.15, -0.1) is 0 Å². The predicted molar refractivity (Wildman–Crippen MR) is 107 cm³/mol. The van der Waals surface area contributed by atoms with E-state index in [0.717, 1.165) is 31.0 Å². The molecule has 8 nitrogen and oxygen atoms in total. The summed E-state index contributed by atoms with van der Waals surface area (Å²) in [6.07, 6.45) is 3.53. The van der Waals surface area contributed by atoms with Crippen molar-refractivity contribution in [3.05, 3.63) is 45.6 Å². The van der Waals surface area contributed by atoms with Crippen molar-refractivity contribution in [3.63, 3.8) is 0 Å². The van der Waals surface area contributed by atoms with Gasteiger partial charge in [0.25, 0.3) is 0 Å². The molecule has 3 heterocycles. The van der Waals surface area contributed by atoms with E-state index < -0.39 is 10.5 Å². The lowest BCUT2D eigenvalue weighted by Crippen LogP contribution is -2.57. The highest BCUT2D eigenvalue weighted by molar-refractivity contribution is 6.30. The smallest absolute Gasteiger partial charge is 0.415 e. The number of ether oxygens (including phenoxy) is 1. The van der Waals surface area contributed by atoms with Gasteiger partial charge in [-0.1, -0.05) is 11.6 Å². The van der Waals surface area contributed by atoms with Crippen LogP contribution in [0.15, 0.2) is 30.5 Å². The Hall–Kier alpha value is -2.32. The number of nitro groups is 1. The number of hydrogen-bond acceptors (Lipinski definition) is 6. The number of rotatable bonds is 5. The number of aromatic nitrogens is 2. The number of benzene rings is 1. The molecule has 2 atom stereocenters. The second-order valence-corrected chi connectivity index (χ2v) is 8.19. The molecule has 1 aromatic carbocycles. The van der Waals surface area contributed by atoms with E-state index >= 15 is 0 Å². The van der Waals surface area contributed by atoms with Crippen molar-refractivity contribution in [2.75, 3.05) is 25.0 Å². The van der Waals surface area contributed by atoms with E-state index in [1.54, 1.807) is 4.57 Å². The van der Waals surface area contributed by atoms with Crippen LogP contribution in [0.5, 0.6) is 6.01 Å². The lowest BCUT2D eigenvalue weighted by molar-refractivity contribution is -0.389. The van der Waals surface area contributed by atoms with E-state index in [2.05, 4.69) is 34.3 Å². The van der Waals surface area contributed by atoms with Crippen LogP contribution in [0.25, 0.3) is 0 Å². The molecule has 9 heteroatoms. The molecule has 0 bridgehead atoms. The summed E-state index contributed by atoms with van der Waals surface area (Å²) in [7, 11) is 1.95. The third kappa shape index (κ3) is 3.42. The van der Waals surface area contributed by atoms with E-state index in [1.165, 1.54) is 11.9 Å². The van der Waals surface area contributed by atoms with Gasteiger partial charge < -0.3 is 25.1 Å². The molecule has 1 N–H and O–H groups in total. The number of nitrogens with zero attached hydrogens (tertiary/aromatic N) is 4. The Balaban J connectivity index is 1.42. The second kappa shape index (κ2) is 7.25. The Bertz CT molecular complexity index is 837. The average molecular weight is 406 g/mol. The van der Waals surface area contributed by atoms with E-state index in [1.807, 2.05) is 19.2 Å². The SMILES string of the molecule is CNC(C1CCN(c2ccc(Cl)cc2)CC1)[C@]1(C)Cn2cc([N+](=O)[O-])nc2O1. The molecule has 2 aliphatic heterocycles. The normalized spacial score (nSPS) is 23.3. The zero-order valence-electron chi connectivity index (χ0n) is 16.0. The summed E-state index contributed by atoms with van der Waals surface area (Å²) in [6.45, 7) is 4.54. The van der Waals surface area contributed by atoms with Crippen molar-refractivity contribution in [1.82, 2.24) is 14.9 Å². The minimum Gasteiger partial charge on any atom is -0.436 e. The molecule has 2 aromatic rings. The van der Waals surface area contributed by atoms with Gasteiger partial charge in [0.05, 0.1) is 12.6 Å². The maximum absolute atomic E-state index is 10.9. The van der Waals surface area contributed by atoms with Crippen LogP contribution in [-0.4, -0.2) is 46.3 Å². The minimum atomic E-state index is -0.492. The quantitative estimate of drug-likeness (QED) is 0.607. The Morgan fingerprint density at radius 1 is 1.36 bits per heavy atom. The van der Waals surface area contributed by atoms with Gasteiger partial charge in [-0.2, -0.15) is 0 Å². The number of fused-ring (bicyclic) bond motifs is 1. The third-order valence-corrected chi connectivity index (χ3v) is 6.15. The fourth-order valence-electron chi connectivity index (χ4n) is 4.59. The molecule has 2 aliphatic rings. The van der Waals surface area contributed by atoms with Crippen LogP contribution in [-0.2, 0) is 6.54 Å². The van der Waals surface area contributed by atoms with Crippen molar-refractivity contribution in [2.24, 2.45) is 5.92 Å². The molecule has 0 radical (unpaired) electrons. The van der Waals surface area contributed by atoms with E-state index in [0.29, 0.717) is 18.5 Å². The summed E-state index contributed by atoms with van der Waals surface area (Å²) in [5.74, 6) is 0.271. The largest absolute Gasteiger partial charge is 0.436 e. The Kier molecular flexibility index (Phi) is 4.93. The minimum absolute atomic E-state index is 0.126.